The fourth-order valence-corrected chi connectivity index (χ4v) is 2.55. The van der Waals surface area contributed by atoms with Crippen molar-refractivity contribution in [1.82, 2.24) is 10.6 Å². The maximum atomic E-state index is 11.5. The topological polar surface area (TPSA) is 87.7 Å². The Bertz CT molecular complexity index is 435. The van der Waals surface area contributed by atoms with E-state index in [2.05, 4.69) is 10.6 Å². The van der Waals surface area contributed by atoms with E-state index in [0.29, 0.717) is 25.9 Å². The Morgan fingerprint density at radius 2 is 2.26 bits per heavy atom. The second-order valence-electron chi connectivity index (χ2n) is 4.36. The maximum absolute atomic E-state index is 11.5. The Hall–Kier alpha value is -1.60. The molecule has 2 amide bonds. The molecule has 2 heterocycles. The molecule has 1 saturated heterocycles. The van der Waals surface area contributed by atoms with Gasteiger partial charge in [0, 0.05) is 13.1 Å². The number of urea groups is 1. The molecule has 2 unspecified atom stereocenters. The van der Waals surface area contributed by atoms with Crippen molar-refractivity contribution in [3.63, 3.8) is 0 Å². The molecule has 1 aromatic heterocycles. The first kappa shape index (κ1) is 13.8. The van der Waals surface area contributed by atoms with Gasteiger partial charge >= 0.3 is 12.0 Å². The third-order valence-electron chi connectivity index (χ3n) is 2.91. The summed E-state index contributed by atoms with van der Waals surface area (Å²) in [5.74, 6) is -0.940. The molecular weight excluding hydrogens is 268 g/mol. The van der Waals surface area contributed by atoms with Crippen LogP contribution in [0.4, 0.5) is 4.79 Å². The average Bonchev–Trinajstić information content (AvgIpc) is 3.05. The summed E-state index contributed by atoms with van der Waals surface area (Å²) < 4.78 is 5.28. The van der Waals surface area contributed by atoms with Crippen LogP contribution < -0.4 is 10.6 Å². The molecule has 1 aliphatic heterocycles. The van der Waals surface area contributed by atoms with E-state index in [0.717, 1.165) is 5.56 Å². The number of ether oxygens (including phenoxy) is 1. The minimum Gasteiger partial charge on any atom is -0.479 e. The first-order valence-corrected chi connectivity index (χ1v) is 7.00. The predicted molar refractivity (Wildman–Crippen MR) is 70.1 cm³/mol. The van der Waals surface area contributed by atoms with Gasteiger partial charge in [-0.3, -0.25) is 0 Å². The number of hydrogen-bond donors (Lipinski definition) is 3. The van der Waals surface area contributed by atoms with Crippen molar-refractivity contribution in [1.29, 1.82) is 0 Å². The Morgan fingerprint density at radius 1 is 1.42 bits per heavy atom. The number of thiophene rings is 1. The number of aliphatic carboxylic acids is 1. The lowest BCUT2D eigenvalue weighted by molar-refractivity contribution is -0.149. The Labute approximate surface area is 114 Å². The average molecular weight is 284 g/mol. The highest BCUT2D eigenvalue weighted by Crippen LogP contribution is 2.19. The second-order valence-corrected chi connectivity index (χ2v) is 5.14. The highest BCUT2D eigenvalue weighted by atomic mass is 32.1. The van der Waals surface area contributed by atoms with Gasteiger partial charge in [-0.05, 0) is 35.2 Å². The minimum absolute atomic E-state index is 0.215. The van der Waals surface area contributed by atoms with Gasteiger partial charge in [0.15, 0.2) is 6.10 Å². The smallest absolute Gasteiger partial charge is 0.332 e. The minimum atomic E-state index is -0.940. The van der Waals surface area contributed by atoms with E-state index in [9.17, 15) is 9.59 Å². The van der Waals surface area contributed by atoms with Gasteiger partial charge in [0.05, 0.1) is 6.10 Å². The fraction of sp³-hybridized carbons (Fsp3) is 0.500. The lowest BCUT2D eigenvalue weighted by Crippen LogP contribution is -2.39. The lowest BCUT2D eigenvalue weighted by atomic mass is 10.2. The van der Waals surface area contributed by atoms with Crippen molar-refractivity contribution >= 4 is 23.3 Å². The van der Waals surface area contributed by atoms with E-state index < -0.39 is 12.1 Å². The van der Waals surface area contributed by atoms with Gasteiger partial charge in [0.2, 0.25) is 0 Å². The summed E-state index contributed by atoms with van der Waals surface area (Å²) in [4.78, 5) is 22.2. The van der Waals surface area contributed by atoms with Gasteiger partial charge < -0.3 is 20.5 Å². The molecule has 0 spiro atoms. The van der Waals surface area contributed by atoms with E-state index in [1.165, 1.54) is 0 Å². The molecular formula is C12H16N2O4S. The summed E-state index contributed by atoms with van der Waals surface area (Å²) in [6.45, 7) is 0.817. The van der Waals surface area contributed by atoms with Crippen LogP contribution >= 0.6 is 11.3 Å². The Kier molecular flexibility index (Phi) is 4.75. The molecule has 1 aromatic rings. The quantitative estimate of drug-likeness (QED) is 0.757. The highest BCUT2D eigenvalue weighted by molar-refractivity contribution is 7.07. The van der Waals surface area contributed by atoms with Gasteiger partial charge in [-0.25, -0.2) is 9.59 Å². The molecule has 6 nitrogen and oxygen atoms in total. The number of carbonyl (C=O) groups excluding carboxylic acids is 1. The molecule has 0 saturated carbocycles. The summed E-state index contributed by atoms with van der Waals surface area (Å²) in [5, 5.41) is 18.1. The zero-order valence-corrected chi connectivity index (χ0v) is 11.1. The van der Waals surface area contributed by atoms with Crippen LogP contribution in [0.15, 0.2) is 16.8 Å². The molecule has 7 heteroatoms. The van der Waals surface area contributed by atoms with Crippen molar-refractivity contribution in [3.8, 4) is 0 Å². The first-order valence-electron chi connectivity index (χ1n) is 6.06. The summed E-state index contributed by atoms with van der Waals surface area (Å²) >= 11 is 1.58. The number of hydrogen-bond acceptors (Lipinski definition) is 4. The van der Waals surface area contributed by atoms with E-state index in [-0.39, 0.29) is 12.1 Å². The first-order chi connectivity index (χ1) is 9.15. The molecule has 2 atom stereocenters. The van der Waals surface area contributed by atoms with Gasteiger partial charge in [0.1, 0.15) is 0 Å². The van der Waals surface area contributed by atoms with Crippen molar-refractivity contribution in [3.05, 3.63) is 22.4 Å². The largest absolute Gasteiger partial charge is 0.479 e. The molecule has 0 radical (unpaired) electrons. The van der Waals surface area contributed by atoms with Crippen molar-refractivity contribution in [2.75, 3.05) is 6.54 Å². The van der Waals surface area contributed by atoms with Crippen LogP contribution in [0.1, 0.15) is 18.4 Å². The van der Waals surface area contributed by atoms with Crippen molar-refractivity contribution in [2.45, 2.75) is 31.6 Å². The SMILES string of the molecule is O=C(NCc1ccsc1)NCC1CCC(C(=O)O)O1. The third-order valence-corrected chi connectivity index (χ3v) is 3.64. The zero-order chi connectivity index (χ0) is 13.7. The van der Waals surface area contributed by atoms with Gasteiger partial charge in [-0.1, -0.05) is 0 Å². The van der Waals surface area contributed by atoms with Crippen LogP contribution in [0.25, 0.3) is 0 Å². The molecule has 0 bridgehead atoms. The van der Waals surface area contributed by atoms with Crippen molar-refractivity contribution in [2.24, 2.45) is 0 Å². The van der Waals surface area contributed by atoms with E-state index in [1.54, 1.807) is 11.3 Å². The number of rotatable bonds is 5. The summed E-state index contributed by atoms with van der Waals surface area (Å²) in [7, 11) is 0. The van der Waals surface area contributed by atoms with E-state index in [1.807, 2.05) is 16.8 Å². The monoisotopic (exact) mass is 284 g/mol. The molecule has 2 rings (SSSR count). The van der Waals surface area contributed by atoms with Crippen LogP contribution in [0.2, 0.25) is 0 Å². The zero-order valence-electron chi connectivity index (χ0n) is 10.3. The van der Waals surface area contributed by atoms with Crippen LogP contribution in [0.5, 0.6) is 0 Å². The van der Waals surface area contributed by atoms with Crippen LogP contribution in [0.3, 0.4) is 0 Å². The number of amides is 2. The van der Waals surface area contributed by atoms with Crippen LogP contribution in [-0.4, -0.2) is 35.9 Å². The molecule has 104 valence electrons. The standard InChI is InChI=1S/C12H16N2O4S/c15-11(16)10-2-1-9(18-10)6-14-12(17)13-5-8-3-4-19-7-8/h3-4,7,9-10H,1-2,5-6H2,(H,15,16)(H2,13,14,17). The van der Waals surface area contributed by atoms with E-state index >= 15 is 0 Å². The molecule has 19 heavy (non-hydrogen) atoms. The summed E-state index contributed by atoms with van der Waals surface area (Å²) in [6, 6.07) is 1.68. The molecule has 1 fully saturated rings. The van der Waals surface area contributed by atoms with Crippen molar-refractivity contribution < 1.29 is 19.4 Å². The number of carboxylic acid groups (broad SMARTS) is 1. The summed E-state index contributed by atoms with van der Waals surface area (Å²) in [6.07, 6.45) is 0.202. The Morgan fingerprint density at radius 3 is 2.89 bits per heavy atom. The molecule has 0 aliphatic carbocycles. The van der Waals surface area contributed by atoms with Gasteiger partial charge in [-0.15, -0.1) is 0 Å². The predicted octanol–water partition coefficient (Wildman–Crippen LogP) is 1.18. The molecule has 0 aromatic carbocycles. The Balaban J connectivity index is 1.63. The number of carboxylic acids is 1. The number of nitrogens with one attached hydrogen (secondary N) is 2. The second kappa shape index (κ2) is 6.53. The van der Waals surface area contributed by atoms with Gasteiger partial charge in [0.25, 0.3) is 0 Å². The molecule has 3 N–H and O–H groups in total. The van der Waals surface area contributed by atoms with Crippen LogP contribution in [-0.2, 0) is 16.1 Å². The number of carbonyl (C=O) groups is 2. The summed E-state index contributed by atoms with van der Waals surface area (Å²) in [5.41, 5.74) is 1.06. The maximum Gasteiger partial charge on any atom is 0.332 e. The lowest BCUT2D eigenvalue weighted by Gasteiger charge is -2.12. The van der Waals surface area contributed by atoms with Crippen LogP contribution in [0, 0.1) is 0 Å². The third kappa shape index (κ3) is 4.22. The molecule has 1 aliphatic rings. The van der Waals surface area contributed by atoms with Gasteiger partial charge in [-0.2, -0.15) is 11.3 Å². The van der Waals surface area contributed by atoms with E-state index in [4.69, 9.17) is 9.84 Å². The normalized spacial score (nSPS) is 22.1. The fourth-order valence-electron chi connectivity index (χ4n) is 1.88. The highest BCUT2D eigenvalue weighted by Gasteiger charge is 2.30.